The van der Waals surface area contributed by atoms with Crippen LogP contribution in [0.5, 0.6) is 5.75 Å². The van der Waals surface area contributed by atoms with Crippen molar-refractivity contribution in [2.75, 3.05) is 26.2 Å². The molecule has 1 aromatic rings. The molecule has 8 rings (SSSR count). The van der Waals surface area contributed by atoms with E-state index in [1.807, 2.05) is 6.92 Å². The van der Waals surface area contributed by atoms with Crippen molar-refractivity contribution in [3.8, 4) is 5.75 Å². The Morgan fingerprint density at radius 2 is 1.66 bits per heavy atom. The predicted molar refractivity (Wildman–Crippen MR) is 143 cm³/mol. The Morgan fingerprint density at radius 1 is 0.895 bits per heavy atom. The van der Waals surface area contributed by atoms with E-state index in [9.17, 15) is 0 Å². The standard InChI is InChI=1S/C31H46N2O5/c1-21-7-12-26-22(2)28(35-29-31(26)27(21)19-30(3,36-29)37-38-31)34-25-10-8-23(9-11-25)20-32-17-13-24(14-18-32)33-15-5-4-6-16-33/h8-11,21-22,24,26-29H,4-7,12-20H2,1-3H3/t21-,22-,26?,27?,28+,29-,30+,31+/m1/s1. The molecular formula is C31H46N2O5. The summed E-state index contributed by atoms with van der Waals surface area (Å²) in [5.41, 5.74) is 0.820. The molecule has 1 saturated carbocycles. The summed E-state index contributed by atoms with van der Waals surface area (Å²) in [4.78, 5) is 17.3. The van der Waals surface area contributed by atoms with E-state index in [1.165, 1.54) is 70.3 Å². The third kappa shape index (κ3) is 4.42. The van der Waals surface area contributed by atoms with Crippen LogP contribution in [0.25, 0.3) is 0 Å². The second kappa shape index (κ2) is 10.0. The van der Waals surface area contributed by atoms with Crippen molar-refractivity contribution in [1.29, 1.82) is 0 Å². The Balaban J connectivity index is 0.972. The van der Waals surface area contributed by atoms with Gasteiger partial charge in [-0.2, -0.15) is 0 Å². The van der Waals surface area contributed by atoms with Crippen LogP contribution >= 0.6 is 0 Å². The van der Waals surface area contributed by atoms with Crippen LogP contribution in [0.3, 0.4) is 0 Å². The Morgan fingerprint density at radius 3 is 2.42 bits per heavy atom. The third-order valence-corrected chi connectivity index (χ3v) is 10.8. The number of likely N-dealkylation sites (tertiary alicyclic amines) is 2. The topological polar surface area (TPSA) is 52.6 Å². The quantitative estimate of drug-likeness (QED) is 0.481. The Bertz CT molecular complexity index is 977. The molecule has 1 aliphatic carbocycles. The van der Waals surface area contributed by atoms with E-state index in [0.29, 0.717) is 11.8 Å². The lowest BCUT2D eigenvalue weighted by molar-refractivity contribution is -0.614. The van der Waals surface area contributed by atoms with E-state index < -0.39 is 17.7 Å². The summed E-state index contributed by atoms with van der Waals surface area (Å²) in [6, 6.07) is 9.45. The van der Waals surface area contributed by atoms with E-state index in [4.69, 9.17) is 24.0 Å². The first-order valence-corrected chi connectivity index (χ1v) is 15.4. The molecule has 1 aromatic carbocycles. The lowest BCUT2D eigenvalue weighted by Gasteiger charge is -2.66. The van der Waals surface area contributed by atoms with Crippen LogP contribution in [0.15, 0.2) is 24.3 Å². The zero-order valence-electron chi connectivity index (χ0n) is 23.5. The van der Waals surface area contributed by atoms with Gasteiger partial charge in [-0.15, -0.1) is 0 Å². The van der Waals surface area contributed by atoms with Crippen LogP contribution in [-0.4, -0.2) is 66.0 Å². The summed E-state index contributed by atoms with van der Waals surface area (Å²) in [5.74, 6) is 1.52. The summed E-state index contributed by atoms with van der Waals surface area (Å²) in [5, 5.41) is 0. The van der Waals surface area contributed by atoms with E-state index in [2.05, 4.69) is 47.9 Å². The molecule has 2 unspecified atom stereocenters. The monoisotopic (exact) mass is 526 g/mol. The Labute approximate surface area is 228 Å². The smallest absolute Gasteiger partial charge is 0.205 e. The molecule has 6 saturated heterocycles. The van der Waals surface area contributed by atoms with Crippen molar-refractivity contribution in [2.45, 2.75) is 109 Å². The van der Waals surface area contributed by atoms with Crippen molar-refractivity contribution in [3.63, 3.8) is 0 Å². The summed E-state index contributed by atoms with van der Waals surface area (Å²) >= 11 is 0. The summed E-state index contributed by atoms with van der Waals surface area (Å²) in [6.45, 7) is 12.6. The van der Waals surface area contributed by atoms with Gasteiger partial charge in [0.2, 0.25) is 12.1 Å². The van der Waals surface area contributed by atoms with E-state index in [-0.39, 0.29) is 18.1 Å². The summed E-state index contributed by atoms with van der Waals surface area (Å²) in [6.07, 6.45) is 9.11. The van der Waals surface area contributed by atoms with Crippen LogP contribution in [-0.2, 0) is 25.8 Å². The maximum atomic E-state index is 6.53. The van der Waals surface area contributed by atoms with Gasteiger partial charge in [0, 0.05) is 36.8 Å². The van der Waals surface area contributed by atoms with Gasteiger partial charge in [0.15, 0.2) is 11.9 Å². The average molecular weight is 527 g/mol. The lowest BCUT2D eigenvalue weighted by Crippen LogP contribution is -2.76. The molecule has 6 heterocycles. The van der Waals surface area contributed by atoms with E-state index >= 15 is 0 Å². The number of rotatable bonds is 5. The van der Waals surface area contributed by atoms with E-state index in [0.717, 1.165) is 31.2 Å². The van der Waals surface area contributed by atoms with E-state index in [1.54, 1.807) is 0 Å². The highest BCUT2D eigenvalue weighted by Gasteiger charge is 2.72. The van der Waals surface area contributed by atoms with Gasteiger partial charge in [-0.1, -0.05) is 32.4 Å². The van der Waals surface area contributed by atoms with Crippen LogP contribution in [0.2, 0.25) is 0 Å². The second-order valence-corrected chi connectivity index (χ2v) is 13.3. The first-order valence-electron chi connectivity index (χ1n) is 15.4. The third-order valence-electron chi connectivity index (χ3n) is 10.8. The summed E-state index contributed by atoms with van der Waals surface area (Å²) in [7, 11) is 0. The zero-order valence-corrected chi connectivity index (χ0v) is 23.5. The molecule has 0 aromatic heterocycles. The highest BCUT2D eigenvalue weighted by Crippen LogP contribution is 2.62. The van der Waals surface area contributed by atoms with Gasteiger partial charge in [0.25, 0.3) is 0 Å². The largest absolute Gasteiger partial charge is 0.465 e. The minimum Gasteiger partial charge on any atom is -0.465 e. The van der Waals surface area contributed by atoms with Crippen molar-refractivity contribution in [2.24, 2.45) is 23.7 Å². The van der Waals surface area contributed by atoms with Gasteiger partial charge < -0.3 is 19.1 Å². The Hall–Kier alpha value is -1.22. The molecule has 2 bridgehead atoms. The molecular weight excluding hydrogens is 480 g/mol. The molecule has 6 aliphatic heterocycles. The normalized spacial score (nSPS) is 44.1. The fourth-order valence-electron chi connectivity index (χ4n) is 8.61. The number of hydrogen-bond acceptors (Lipinski definition) is 7. The molecule has 0 radical (unpaired) electrons. The lowest BCUT2D eigenvalue weighted by atomic mass is 9.56. The van der Waals surface area contributed by atoms with Crippen LogP contribution < -0.4 is 4.74 Å². The SMILES string of the molecule is C[C@@H]1CCC2[C@@H](C)[C@@H](Oc3ccc(CN4CCC(N5CCCCC5)CC4)cc3)O[C@@H]3O[C@]4(C)CC1[C@@]23OO4. The second-order valence-electron chi connectivity index (χ2n) is 13.3. The highest BCUT2D eigenvalue weighted by molar-refractivity contribution is 5.27. The number of nitrogens with zero attached hydrogens (tertiary/aromatic N) is 2. The van der Waals surface area contributed by atoms with Crippen LogP contribution in [0.1, 0.15) is 77.7 Å². The van der Waals surface area contributed by atoms with Gasteiger partial charge in [-0.25, -0.2) is 9.78 Å². The molecule has 0 N–H and O–H groups in total. The minimum atomic E-state index is -0.748. The van der Waals surface area contributed by atoms with Crippen molar-refractivity contribution in [1.82, 2.24) is 9.80 Å². The van der Waals surface area contributed by atoms with Crippen LogP contribution in [0.4, 0.5) is 0 Å². The minimum absolute atomic E-state index is 0.178. The van der Waals surface area contributed by atoms with Gasteiger partial charge in [-0.3, -0.25) is 4.90 Å². The van der Waals surface area contributed by atoms with Crippen LogP contribution in [0, 0.1) is 23.7 Å². The first-order chi connectivity index (χ1) is 18.4. The molecule has 38 heavy (non-hydrogen) atoms. The number of hydrogen-bond donors (Lipinski definition) is 0. The maximum absolute atomic E-state index is 6.53. The molecule has 210 valence electrons. The van der Waals surface area contributed by atoms with Gasteiger partial charge in [0.1, 0.15) is 5.75 Å². The zero-order chi connectivity index (χ0) is 25.9. The maximum Gasteiger partial charge on any atom is 0.205 e. The fourth-order valence-corrected chi connectivity index (χ4v) is 8.61. The van der Waals surface area contributed by atoms with Gasteiger partial charge in [0.05, 0.1) is 0 Å². The molecule has 7 nitrogen and oxygen atoms in total. The molecule has 7 aliphatic rings. The molecule has 1 spiro atoms. The Kier molecular flexibility index (Phi) is 6.77. The molecule has 7 heteroatoms. The molecule has 0 amide bonds. The number of benzene rings is 1. The fraction of sp³-hybridized carbons (Fsp3) is 0.806. The predicted octanol–water partition coefficient (Wildman–Crippen LogP) is 5.33. The summed E-state index contributed by atoms with van der Waals surface area (Å²) < 4.78 is 19.4. The average Bonchev–Trinajstić information content (AvgIpc) is 2.94. The van der Waals surface area contributed by atoms with Gasteiger partial charge in [-0.05, 0) is 95.2 Å². The van der Waals surface area contributed by atoms with Crippen molar-refractivity contribution >= 4 is 0 Å². The van der Waals surface area contributed by atoms with Crippen molar-refractivity contribution in [3.05, 3.63) is 29.8 Å². The number of fused-ring (bicyclic) bond motifs is 1. The molecule has 7 fully saturated rings. The highest BCUT2D eigenvalue weighted by atomic mass is 17.3. The number of piperidine rings is 2. The molecule has 8 atom stereocenters. The van der Waals surface area contributed by atoms with Gasteiger partial charge >= 0.3 is 0 Å². The number of ether oxygens (including phenoxy) is 3. The first kappa shape index (κ1) is 25.7. The van der Waals surface area contributed by atoms with Crippen molar-refractivity contribution < 1.29 is 24.0 Å².